The van der Waals surface area contributed by atoms with Crippen molar-refractivity contribution in [1.82, 2.24) is 4.98 Å². The molecule has 7 heteroatoms. The third-order valence-electron chi connectivity index (χ3n) is 3.41. The molecule has 0 spiro atoms. The molecule has 2 N–H and O–H groups in total. The SMILES string of the molecule is O=[N+]([O-])c1cccc(Nc2c(CO)cnc3cc(Br)ccc23)c1. The van der Waals surface area contributed by atoms with E-state index in [9.17, 15) is 15.2 Å². The number of benzene rings is 2. The molecule has 0 atom stereocenters. The van der Waals surface area contributed by atoms with Crippen molar-refractivity contribution in [3.63, 3.8) is 0 Å². The third kappa shape index (κ3) is 3.15. The highest BCUT2D eigenvalue weighted by atomic mass is 79.9. The molecule has 0 unspecified atom stereocenters. The van der Waals surface area contributed by atoms with Gasteiger partial charge in [-0.05, 0) is 24.3 Å². The first kappa shape index (κ1) is 15.4. The maximum atomic E-state index is 10.9. The number of fused-ring (bicyclic) bond motifs is 1. The largest absolute Gasteiger partial charge is 0.392 e. The maximum absolute atomic E-state index is 10.9. The summed E-state index contributed by atoms with van der Waals surface area (Å²) in [6, 6.07) is 11.9. The highest BCUT2D eigenvalue weighted by Gasteiger charge is 2.11. The van der Waals surface area contributed by atoms with E-state index in [-0.39, 0.29) is 12.3 Å². The van der Waals surface area contributed by atoms with Crippen molar-refractivity contribution in [2.45, 2.75) is 6.61 Å². The number of aliphatic hydroxyl groups excluding tert-OH is 1. The molecule has 116 valence electrons. The number of rotatable bonds is 4. The Kier molecular flexibility index (Phi) is 4.22. The maximum Gasteiger partial charge on any atom is 0.271 e. The number of aromatic nitrogens is 1. The minimum atomic E-state index is -0.445. The molecule has 0 saturated carbocycles. The zero-order valence-corrected chi connectivity index (χ0v) is 13.4. The number of non-ortho nitro benzene ring substituents is 1. The molecule has 0 aliphatic rings. The van der Waals surface area contributed by atoms with Gasteiger partial charge in [0.25, 0.3) is 5.69 Å². The van der Waals surface area contributed by atoms with Crippen LogP contribution in [0.4, 0.5) is 17.1 Å². The molecule has 0 aliphatic carbocycles. The molecule has 0 bridgehead atoms. The Morgan fingerprint density at radius 2 is 2.09 bits per heavy atom. The van der Waals surface area contributed by atoms with E-state index in [2.05, 4.69) is 26.2 Å². The predicted molar refractivity (Wildman–Crippen MR) is 91.7 cm³/mol. The predicted octanol–water partition coefficient (Wildman–Crippen LogP) is 4.14. The summed E-state index contributed by atoms with van der Waals surface area (Å²) in [5, 5.41) is 24.4. The first-order chi connectivity index (χ1) is 11.1. The molecular formula is C16H12BrN3O3. The number of anilines is 2. The summed E-state index contributed by atoms with van der Waals surface area (Å²) in [4.78, 5) is 14.8. The van der Waals surface area contributed by atoms with Gasteiger partial charge in [-0.1, -0.05) is 22.0 Å². The van der Waals surface area contributed by atoms with Crippen LogP contribution in [0.3, 0.4) is 0 Å². The van der Waals surface area contributed by atoms with Gasteiger partial charge in [-0.3, -0.25) is 15.1 Å². The van der Waals surface area contributed by atoms with Crippen molar-refractivity contribution < 1.29 is 10.0 Å². The third-order valence-corrected chi connectivity index (χ3v) is 3.90. The zero-order chi connectivity index (χ0) is 16.4. The standard InChI is InChI=1S/C16H12BrN3O3/c17-11-4-5-14-15(6-11)18-8-10(9-21)16(14)19-12-2-1-3-13(7-12)20(22)23/h1-8,21H,9H2,(H,18,19). The average molecular weight is 374 g/mol. The summed E-state index contributed by atoms with van der Waals surface area (Å²) >= 11 is 3.40. The number of nitrogens with one attached hydrogen (secondary N) is 1. The smallest absolute Gasteiger partial charge is 0.271 e. The number of pyridine rings is 1. The van der Waals surface area contributed by atoms with Gasteiger partial charge in [0, 0.05) is 39.4 Å². The molecule has 1 heterocycles. The van der Waals surface area contributed by atoms with Gasteiger partial charge >= 0.3 is 0 Å². The first-order valence-electron chi connectivity index (χ1n) is 6.78. The van der Waals surface area contributed by atoms with E-state index in [4.69, 9.17) is 0 Å². The number of nitro groups is 1. The summed E-state index contributed by atoms with van der Waals surface area (Å²) in [6.07, 6.45) is 1.59. The van der Waals surface area contributed by atoms with E-state index in [0.717, 1.165) is 15.4 Å². The van der Waals surface area contributed by atoms with Crippen molar-refractivity contribution in [2.24, 2.45) is 0 Å². The van der Waals surface area contributed by atoms with Crippen LogP contribution in [0.5, 0.6) is 0 Å². The Labute approximate surface area is 140 Å². The Bertz CT molecular complexity index is 899. The van der Waals surface area contributed by atoms with Crippen LogP contribution in [0, 0.1) is 10.1 Å². The lowest BCUT2D eigenvalue weighted by Gasteiger charge is -2.13. The minimum Gasteiger partial charge on any atom is -0.392 e. The van der Waals surface area contributed by atoms with Crippen LogP contribution in [-0.4, -0.2) is 15.0 Å². The van der Waals surface area contributed by atoms with Gasteiger partial charge in [0.2, 0.25) is 0 Å². The van der Waals surface area contributed by atoms with Gasteiger partial charge in [0.1, 0.15) is 0 Å². The molecule has 0 saturated heterocycles. The lowest BCUT2D eigenvalue weighted by Crippen LogP contribution is -1.99. The Morgan fingerprint density at radius 3 is 2.83 bits per heavy atom. The lowest BCUT2D eigenvalue weighted by atomic mass is 10.1. The fraction of sp³-hybridized carbons (Fsp3) is 0.0625. The molecule has 0 radical (unpaired) electrons. The van der Waals surface area contributed by atoms with Gasteiger partial charge < -0.3 is 10.4 Å². The Balaban J connectivity index is 2.11. The zero-order valence-electron chi connectivity index (χ0n) is 11.9. The van der Waals surface area contributed by atoms with Gasteiger partial charge in [-0.15, -0.1) is 0 Å². The summed E-state index contributed by atoms with van der Waals surface area (Å²) < 4.78 is 0.899. The van der Waals surface area contributed by atoms with Crippen molar-refractivity contribution in [1.29, 1.82) is 0 Å². The van der Waals surface area contributed by atoms with Crippen LogP contribution in [0.1, 0.15) is 5.56 Å². The molecule has 2 aromatic carbocycles. The van der Waals surface area contributed by atoms with Gasteiger partial charge in [0.15, 0.2) is 0 Å². The summed E-state index contributed by atoms with van der Waals surface area (Å²) in [6.45, 7) is -0.184. The van der Waals surface area contributed by atoms with Crippen LogP contribution in [0.15, 0.2) is 53.1 Å². The van der Waals surface area contributed by atoms with Crippen LogP contribution >= 0.6 is 15.9 Å². The number of hydrogen-bond donors (Lipinski definition) is 2. The van der Waals surface area contributed by atoms with E-state index in [1.165, 1.54) is 12.1 Å². The molecule has 0 fully saturated rings. The number of hydrogen-bond acceptors (Lipinski definition) is 5. The van der Waals surface area contributed by atoms with E-state index < -0.39 is 4.92 Å². The average Bonchev–Trinajstić information content (AvgIpc) is 2.55. The summed E-state index contributed by atoms with van der Waals surface area (Å²) in [5.74, 6) is 0. The molecule has 1 aromatic heterocycles. The highest BCUT2D eigenvalue weighted by molar-refractivity contribution is 9.10. The molecule has 0 amide bonds. The normalized spacial score (nSPS) is 10.7. The van der Waals surface area contributed by atoms with E-state index in [0.29, 0.717) is 16.9 Å². The molecule has 3 rings (SSSR count). The molecule has 3 aromatic rings. The van der Waals surface area contributed by atoms with Crippen molar-refractivity contribution >= 4 is 43.9 Å². The monoisotopic (exact) mass is 373 g/mol. The van der Waals surface area contributed by atoms with E-state index in [1.54, 1.807) is 18.3 Å². The number of halogens is 1. The van der Waals surface area contributed by atoms with Crippen LogP contribution < -0.4 is 5.32 Å². The second-order valence-corrected chi connectivity index (χ2v) is 5.83. The molecule has 6 nitrogen and oxygen atoms in total. The Hall–Kier alpha value is -2.51. The van der Waals surface area contributed by atoms with Gasteiger partial charge in [-0.2, -0.15) is 0 Å². The second-order valence-electron chi connectivity index (χ2n) is 4.91. The van der Waals surface area contributed by atoms with Crippen molar-refractivity contribution in [2.75, 3.05) is 5.32 Å². The number of nitrogens with zero attached hydrogens (tertiary/aromatic N) is 2. The van der Waals surface area contributed by atoms with Crippen molar-refractivity contribution in [3.8, 4) is 0 Å². The summed E-state index contributed by atoms with van der Waals surface area (Å²) in [5.41, 5.74) is 2.63. The fourth-order valence-electron chi connectivity index (χ4n) is 2.32. The molecular weight excluding hydrogens is 362 g/mol. The number of aliphatic hydroxyl groups is 1. The first-order valence-corrected chi connectivity index (χ1v) is 7.57. The van der Waals surface area contributed by atoms with Crippen LogP contribution in [0.25, 0.3) is 10.9 Å². The van der Waals surface area contributed by atoms with Gasteiger partial charge in [0.05, 0.1) is 22.7 Å². The van der Waals surface area contributed by atoms with E-state index in [1.807, 2.05) is 18.2 Å². The minimum absolute atomic E-state index is 0.00153. The van der Waals surface area contributed by atoms with E-state index >= 15 is 0 Å². The van der Waals surface area contributed by atoms with Gasteiger partial charge in [-0.25, -0.2) is 0 Å². The van der Waals surface area contributed by atoms with Crippen LogP contribution in [-0.2, 0) is 6.61 Å². The second kappa shape index (κ2) is 6.31. The quantitative estimate of drug-likeness (QED) is 0.529. The van der Waals surface area contributed by atoms with Crippen molar-refractivity contribution in [3.05, 3.63) is 68.8 Å². The summed E-state index contributed by atoms with van der Waals surface area (Å²) in [7, 11) is 0. The molecule has 23 heavy (non-hydrogen) atoms. The number of nitro benzene ring substituents is 1. The highest BCUT2D eigenvalue weighted by Crippen LogP contribution is 2.31. The lowest BCUT2D eigenvalue weighted by molar-refractivity contribution is -0.384. The topological polar surface area (TPSA) is 88.3 Å². The van der Waals surface area contributed by atoms with Crippen LogP contribution in [0.2, 0.25) is 0 Å². The Morgan fingerprint density at radius 1 is 1.26 bits per heavy atom. The fourth-order valence-corrected chi connectivity index (χ4v) is 2.67. The molecule has 0 aliphatic heterocycles.